The maximum atomic E-state index is 8.76. The van der Waals surface area contributed by atoms with Gasteiger partial charge in [-0.3, -0.25) is 5.32 Å². The van der Waals surface area contributed by atoms with Gasteiger partial charge in [-0.15, -0.1) is 0 Å². The summed E-state index contributed by atoms with van der Waals surface area (Å²) in [7, 11) is 0. The van der Waals surface area contributed by atoms with Gasteiger partial charge in [-0.25, -0.2) is 0 Å². The predicted octanol–water partition coefficient (Wildman–Crippen LogP) is 1.45. The van der Waals surface area contributed by atoms with E-state index in [1.54, 1.807) is 0 Å². The van der Waals surface area contributed by atoms with Gasteiger partial charge in [0.05, 0.1) is 18.2 Å². The Hall–Kier alpha value is -0.590. The minimum atomic E-state index is -0.0285. The van der Waals surface area contributed by atoms with E-state index in [0.717, 1.165) is 25.9 Å². The van der Waals surface area contributed by atoms with Crippen LogP contribution in [0.4, 0.5) is 0 Å². The first-order valence-electron chi connectivity index (χ1n) is 5.05. The SMILES string of the molecule is CCC(C#N)NC(C)C1CCCO1. The molecule has 74 valence electrons. The van der Waals surface area contributed by atoms with Crippen molar-refractivity contribution in [3.05, 3.63) is 0 Å². The molecule has 1 heterocycles. The van der Waals surface area contributed by atoms with Crippen LogP contribution in [-0.4, -0.2) is 24.8 Å². The van der Waals surface area contributed by atoms with Crippen LogP contribution in [0, 0.1) is 11.3 Å². The van der Waals surface area contributed by atoms with Crippen molar-refractivity contribution in [3.8, 4) is 6.07 Å². The second-order valence-electron chi connectivity index (χ2n) is 3.60. The molecule has 0 aliphatic carbocycles. The molecule has 0 amide bonds. The lowest BCUT2D eigenvalue weighted by atomic mass is 10.1. The number of nitrogens with one attached hydrogen (secondary N) is 1. The molecule has 3 heteroatoms. The first-order valence-corrected chi connectivity index (χ1v) is 5.05. The molecule has 3 unspecified atom stereocenters. The van der Waals surface area contributed by atoms with Crippen LogP contribution in [0.25, 0.3) is 0 Å². The zero-order chi connectivity index (χ0) is 9.68. The summed E-state index contributed by atoms with van der Waals surface area (Å²) in [6, 6.07) is 2.51. The third-order valence-corrected chi connectivity index (χ3v) is 2.55. The second-order valence-corrected chi connectivity index (χ2v) is 3.60. The van der Waals surface area contributed by atoms with E-state index in [-0.39, 0.29) is 6.04 Å². The van der Waals surface area contributed by atoms with E-state index >= 15 is 0 Å². The Bertz CT molecular complexity index is 182. The van der Waals surface area contributed by atoms with Crippen LogP contribution in [-0.2, 0) is 4.74 Å². The van der Waals surface area contributed by atoms with Gasteiger partial charge in [-0.1, -0.05) is 6.92 Å². The molecule has 1 saturated heterocycles. The van der Waals surface area contributed by atoms with Gasteiger partial charge in [0.1, 0.15) is 0 Å². The molecule has 1 aliphatic rings. The maximum absolute atomic E-state index is 8.76. The van der Waals surface area contributed by atoms with E-state index in [4.69, 9.17) is 10.00 Å². The molecule has 3 nitrogen and oxygen atoms in total. The standard InChI is InChI=1S/C10H18N2O/c1-3-9(7-11)12-8(2)10-5-4-6-13-10/h8-10,12H,3-6H2,1-2H3. The lowest BCUT2D eigenvalue weighted by Crippen LogP contribution is -2.42. The fraction of sp³-hybridized carbons (Fsp3) is 0.900. The minimum Gasteiger partial charge on any atom is -0.377 e. The Kier molecular flexibility index (Phi) is 4.20. The number of nitriles is 1. The fourth-order valence-electron chi connectivity index (χ4n) is 1.67. The molecule has 0 radical (unpaired) electrons. The van der Waals surface area contributed by atoms with E-state index in [1.807, 2.05) is 6.92 Å². The molecule has 1 fully saturated rings. The summed E-state index contributed by atoms with van der Waals surface area (Å²) in [6.45, 7) is 4.99. The summed E-state index contributed by atoms with van der Waals surface area (Å²) < 4.78 is 5.53. The molecule has 1 rings (SSSR count). The third-order valence-electron chi connectivity index (χ3n) is 2.55. The summed E-state index contributed by atoms with van der Waals surface area (Å²) in [6.07, 6.45) is 3.44. The zero-order valence-corrected chi connectivity index (χ0v) is 8.42. The van der Waals surface area contributed by atoms with E-state index in [0.29, 0.717) is 12.1 Å². The molecular formula is C10H18N2O. The molecule has 1 N–H and O–H groups in total. The van der Waals surface area contributed by atoms with Crippen molar-refractivity contribution in [1.29, 1.82) is 5.26 Å². The van der Waals surface area contributed by atoms with Crippen LogP contribution >= 0.6 is 0 Å². The van der Waals surface area contributed by atoms with Crippen LogP contribution in [0.3, 0.4) is 0 Å². The highest BCUT2D eigenvalue weighted by molar-refractivity contribution is 4.92. The van der Waals surface area contributed by atoms with Crippen LogP contribution < -0.4 is 5.32 Å². The summed E-state index contributed by atoms with van der Waals surface area (Å²) in [5.41, 5.74) is 0. The van der Waals surface area contributed by atoms with Crippen molar-refractivity contribution in [3.63, 3.8) is 0 Å². The Morgan fingerprint density at radius 1 is 1.69 bits per heavy atom. The lowest BCUT2D eigenvalue weighted by Gasteiger charge is -2.22. The number of hydrogen-bond donors (Lipinski definition) is 1. The topological polar surface area (TPSA) is 45.0 Å². The average molecular weight is 182 g/mol. The normalized spacial score (nSPS) is 26.7. The largest absolute Gasteiger partial charge is 0.377 e. The molecule has 0 aromatic heterocycles. The quantitative estimate of drug-likeness (QED) is 0.715. The average Bonchev–Trinajstić information content (AvgIpc) is 2.66. The third kappa shape index (κ3) is 2.98. The van der Waals surface area contributed by atoms with Gasteiger partial charge in [-0.05, 0) is 26.2 Å². The van der Waals surface area contributed by atoms with Gasteiger partial charge in [0.15, 0.2) is 0 Å². The summed E-state index contributed by atoms with van der Waals surface area (Å²) >= 11 is 0. The molecule has 0 spiro atoms. The van der Waals surface area contributed by atoms with Crippen molar-refractivity contribution < 1.29 is 4.74 Å². The minimum absolute atomic E-state index is 0.0285. The Balaban J connectivity index is 2.30. The Morgan fingerprint density at radius 3 is 2.92 bits per heavy atom. The zero-order valence-electron chi connectivity index (χ0n) is 8.42. The van der Waals surface area contributed by atoms with Crippen molar-refractivity contribution in [2.45, 2.75) is 51.3 Å². The van der Waals surface area contributed by atoms with Gasteiger partial charge < -0.3 is 4.74 Å². The molecule has 13 heavy (non-hydrogen) atoms. The first kappa shape index (κ1) is 10.5. The van der Waals surface area contributed by atoms with E-state index in [9.17, 15) is 0 Å². The van der Waals surface area contributed by atoms with E-state index < -0.39 is 0 Å². The smallest absolute Gasteiger partial charge is 0.0953 e. The first-order chi connectivity index (χ1) is 6.27. The van der Waals surface area contributed by atoms with Gasteiger partial charge in [0, 0.05) is 12.6 Å². The van der Waals surface area contributed by atoms with Crippen molar-refractivity contribution in [2.24, 2.45) is 0 Å². The highest BCUT2D eigenvalue weighted by atomic mass is 16.5. The molecule has 0 saturated carbocycles. The van der Waals surface area contributed by atoms with Gasteiger partial charge in [0.25, 0.3) is 0 Å². The Morgan fingerprint density at radius 2 is 2.46 bits per heavy atom. The van der Waals surface area contributed by atoms with Gasteiger partial charge in [0.2, 0.25) is 0 Å². The Labute approximate surface area is 80.1 Å². The monoisotopic (exact) mass is 182 g/mol. The molecule has 0 aromatic rings. The van der Waals surface area contributed by atoms with Crippen LogP contribution in [0.1, 0.15) is 33.1 Å². The summed E-state index contributed by atoms with van der Waals surface area (Å²) in [5, 5.41) is 12.0. The number of hydrogen-bond acceptors (Lipinski definition) is 3. The van der Waals surface area contributed by atoms with E-state index in [1.165, 1.54) is 0 Å². The lowest BCUT2D eigenvalue weighted by molar-refractivity contribution is 0.0816. The highest BCUT2D eigenvalue weighted by Gasteiger charge is 2.23. The molecular weight excluding hydrogens is 164 g/mol. The van der Waals surface area contributed by atoms with Crippen LogP contribution in [0.2, 0.25) is 0 Å². The van der Waals surface area contributed by atoms with Crippen molar-refractivity contribution in [2.75, 3.05) is 6.61 Å². The molecule has 0 bridgehead atoms. The van der Waals surface area contributed by atoms with Crippen molar-refractivity contribution >= 4 is 0 Å². The number of nitrogens with zero attached hydrogens (tertiary/aromatic N) is 1. The van der Waals surface area contributed by atoms with Crippen molar-refractivity contribution in [1.82, 2.24) is 5.32 Å². The van der Waals surface area contributed by atoms with Crippen LogP contribution in [0.15, 0.2) is 0 Å². The number of ether oxygens (including phenoxy) is 1. The fourth-order valence-corrected chi connectivity index (χ4v) is 1.67. The predicted molar refractivity (Wildman–Crippen MR) is 51.3 cm³/mol. The number of rotatable bonds is 4. The summed E-state index contributed by atoms with van der Waals surface area (Å²) in [4.78, 5) is 0. The summed E-state index contributed by atoms with van der Waals surface area (Å²) in [5.74, 6) is 0. The molecule has 0 aromatic carbocycles. The molecule has 1 aliphatic heterocycles. The van der Waals surface area contributed by atoms with Gasteiger partial charge >= 0.3 is 0 Å². The van der Waals surface area contributed by atoms with Crippen LogP contribution in [0.5, 0.6) is 0 Å². The second kappa shape index (κ2) is 5.21. The van der Waals surface area contributed by atoms with E-state index in [2.05, 4.69) is 18.3 Å². The van der Waals surface area contributed by atoms with Gasteiger partial charge in [-0.2, -0.15) is 5.26 Å². The highest BCUT2D eigenvalue weighted by Crippen LogP contribution is 2.15. The molecule has 3 atom stereocenters. The maximum Gasteiger partial charge on any atom is 0.0953 e.